The van der Waals surface area contributed by atoms with Gasteiger partial charge < -0.3 is 4.74 Å². The molecule has 0 heterocycles. The number of carbonyl (C=O) groups excluding carboxylic acids is 1. The van der Waals surface area contributed by atoms with Gasteiger partial charge in [-0.05, 0) is 38.0 Å². The maximum absolute atomic E-state index is 11.4. The molecule has 0 bridgehead atoms. The molecule has 0 N–H and O–H groups in total. The van der Waals surface area contributed by atoms with Crippen LogP contribution in [0.15, 0.2) is 24.3 Å². The van der Waals surface area contributed by atoms with Crippen molar-refractivity contribution < 1.29 is 9.53 Å². The first-order chi connectivity index (χ1) is 8.11. The molecule has 0 saturated heterocycles. The Kier molecular flexibility index (Phi) is 3.51. The molecule has 1 aliphatic rings. The van der Waals surface area contributed by atoms with E-state index in [0.29, 0.717) is 18.1 Å². The summed E-state index contributed by atoms with van der Waals surface area (Å²) in [5, 5.41) is 0. The summed E-state index contributed by atoms with van der Waals surface area (Å²) in [5.41, 5.74) is 1.27. The molecule has 1 aromatic rings. The van der Waals surface area contributed by atoms with Gasteiger partial charge in [0.25, 0.3) is 0 Å². The molecule has 2 nitrogen and oxygen atoms in total. The highest BCUT2D eigenvalue weighted by Gasteiger charge is 2.38. The molecule has 2 rings (SSSR count). The van der Waals surface area contributed by atoms with Gasteiger partial charge in [0.1, 0.15) is 11.5 Å². The van der Waals surface area contributed by atoms with Crippen LogP contribution >= 0.6 is 0 Å². The van der Waals surface area contributed by atoms with Gasteiger partial charge in [-0.2, -0.15) is 0 Å². The number of Topliss-reactive ketones (excluding diaryl/α,β-unsaturated/α-hetero) is 1. The lowest BCUT2D eigenvalue weighted by molar-refractivity contribution is -0.131. The molecule has 1 fully saturated rings. The smallest absolute Gasteiger partial charge is 0.137 e. The van der Waals surface area contributed by atoms with Crippen molar-refractivity contribution in [1.82, 2.24) is 0 Å². The van der Waals surface area contributed by atoms with Crippen molar-refractivity contribution in [3.8, 4) is 5.75 Å². The molecular formula is C15H20O2. The van der Waals surface area contributed by atoms with Crippen molar-refractivity contribution >= 4 is 5.78 Å². The summed E-state index contributed by atoms with van der Waals surface area (Å²) >= 11 is 0. The molecule has 17 heavy (non-hydrogen) atoms. The molecule has 2 heteroatoms. The Bertz CT molecular complexity index is 392. The minimum atomic E-state index is 0.203. The Hall–Kier alpha value is -1.31. The van der Waals surface area contributed by atoms with Gasteiger partial charge in [0, 0.05) is 18.3 Å². The largest absolute Gasteiger partial charge is 0.491 e. The summed E-state index contributed by atoms with van der Waals surface area (Å²) in [6, 6.07) is 8.20. The third kappa shape index (κ3) is 2.51. The summed E-state index contributed by atoms with van der Waals surface area (Å²) in [7, 11) is 0. The first kappa shape index (κ1) is 12.2. The Labute approximate surface area is 103 Å². The number of benzene rings is 1. The van der Waals surface area contributed by atoms with E-state index in [1.165, 1.54) is 5.56 Å². The van der Waals surface area contributed by atoms with E-state index in [0.717, 1.165) is 12.2 Å². The van der Waals surface area contributed by atoms with Gasteiger partial charge in [0.15, 0.2) is 0 Å². The highest BCUT2D eigenvalue weighted by molar-refractivity contribution is 5.89. The zero-order valence-electron chi connectivity index (χ0n) is 10.8. The number of rotatable bonds is 4. The molecule has 2 unspecified atom stereocenters. The van der Waals surface area contributed by atoms with Gasteiger partial charge >= 0.3 is 0 Å². The minimum Gasteiger partial charge on any atom is -0.491 e. The topological polar surface area (TPSA) is 26.3 Å². The van der Waals surface area contributed by atoms with Gasteiger partial charge in [-0.1, -0.05) is 19.1 Å². The van der Waals surface area contributed by atoms with Crippen LogP contribution in [-0.4, -0.2) is 11.9 Å². The highest BCUT2D eigenvalue weighted by Crippen LogP contribution is 2.41. The maximum Gasteiger partial charge on any atom is 0.137 e. The van der Waals surface area contributed by atoms with Crippen LogP contribution in [0.25, 0.3) is 0 Å². The van der Waals surface area contributed by atoms with E-state index in [1.54, 1.807) is 0 Å². The molecule has 2 atom stereocenters. The monoisotopic (exact) mass is 232 g/mol. The zero-order chi connectivity index (χ0) is 12.4. The number of hydrogen-bond acceptors (Lipinski definition) is 2. The lowest BCUT2D eigenvalue weighted by Crippen LogP contribution is -2.34. The van der Waals surface area contributed by atoms with E-state index in [4.69, 9.17) is 4.74 Å². The van der Waals surface area contributed by atoms with E-state index in [1.807, 2.05) is 26.0 Å². The van der Waals surface area contributed by atoms with Gasteiger partial charge in [-0.15, -0.1) is 0 Å². The summed E-state index contributed by atoms with van der Waals surface area (Å²) in [5.74, 6) is 2.00. The van der Waals surface area contributed by atoms with Gasteiger partial charge in [0.05, 0.1) is 6.10 Å². The second-order valence-electron chi connectivity index (χ2n) is 5.03. The van der Waals surface area contributed by atoms with Crippen molar-refractivity contribution in [3.05, 3.63) is 29.8 Å². The molecule has 0 aromatic heterocycles. The fraction of sp³-hybridized carbons (Fsp3) is 0.533. The lowest BCUT2D eigenvalue weighted by Gasteiger charge is -2.34. The summed E-state index contributed by atoms with van der Waals surface area (Å²) in [4.78, 5) is 11.4. The fourth-order valence-electron chi connectivity index (χ4n) is 2.50. The standard InChI is InChI=1S/C15H20O2/c1-4-13-14(9-15(13)16)11-5-7-12(8-6-11)17-10(2)3/h5-8,10,13-14H,4,9H2,1-3H3. The quantitative estimate of drug-likeness (QED) is 0.793. The van der Waals surface area contributed by atoms with Crippen LogP contribution in [0.3, 0.4) is 0 Å². The van der Waals surface area contributed by atoms with Gasteiger partial charge in [-0.3, -0.25) is 4.79 Å². The lowest BCUT2D eigenvalue weighted by atomic mass is 9.68. The SMILES string of the molecule is CCC1C(=O)CC1c1ccc(OC(C)C)cc1. The average Bonchev–Trinajstić information content (AvgIpc) is 2.27. The molecule has 1 saturated carbocycles. The van der Waals surface area contributed by atoms with Crippen LogP contribution in [0.4, 0.5) is 0 Å². The predicted molar refractivity (Wildman–Crippen MR) is 68.4 cm³/mol. The van der Waals surface area contributed by atoms with Gasteiger partial charge in [0.2, 0.25) is 0 Å². The van der Waals surface area contributed by atoms with Gasteiger partial charge in [-0.25, -0.2) is 0 Å². The number of carbonyl (C=O) groups is 1. The molecule has 1 aliphatic carbocycles. The Morgan fingerprint density at radius 3 is 2.41 bits per heavy atom. The van der Waals surface area contributed by atoms with E-state index < -0.39 is 0 Å². The normalized spacial score (nSPS) is 23.6. The second-order valence-corrected chi connectivity index (χ2v) is 5.03. The molecule has 0 aliphatic heterocycles. The van der Waals surface area contributed by atoms with Crippen molar-refractivity contribution in [1.29, 1.82) is 0 Å². The third-order valence-electron chi connectivity index (χ3n) is 3.44. The Morgan fingerprint density at radius 2 is 1.94 bits per heavy atom. The second kappa shape index (κ2) is 4.91. The fourth-order valence-corrected chi connectivity index (χ4v) is 2.50. The van der Waals surface area contributed by atoms with Crippen LogP contribution in [0, 0.1) is 5.92 Å². The zero-order valence-corrected chi connectivity index (χ0v) is 10.8. The molecule has 0 amide bonds. The molecular weight excluding hydrogens is 212 g/mol. The predicted octanol–water partition coefficient (Wildman–Crippen LogP) is 3.56. The first-order valence-electron chi connectivity index (χ1n) is 6.41. The molecule has 92 valence electrons. The van der Waals surface area contributed by atoms with E-state index in [-0.39, 0.29) is 12.0 Å². The van der Waals surface area contributed by atoms with Crippen molar-refractivity contribution in [2.45, 2.75) is 45.6 Å². The highest BCUT2D eigenvalue weighted by atomic mass is 16.5. The van der Waals surface area contributed by atoms with Crippen LogP contribution in [0.5, 0.6) is 5.75 Å². The van der Waals surface area contributed by atoms with Crippen molar-refractivity contribution in [2.75, 3.05) is 0 Å². The molecule has 1 aromatic carbocycles. The van der Waals surface area contributed by atoms with Crippen molar-refractivity contribution in [2.24, 2.45) is 5.92 Å². The average molecular weight is 232 g/mol. The molecule has 0 radical (unpaired) electrons. The van der Waals surface area contributed by atoms with Crippen LogP contribution in [0.1, 0.15) is 45.1 Å². The minimum absolute atomic E-state index is 0.203. The Morgan fingerprint density at radius 1 is 1.29 bits per heavy atom. The summed E-state index contributed by atoms with van der Waals surface area (Å²) in [6.45, 7) is 6.13. The first-order valence-corrected chi connectivity index (χ1v) is 6.41. The summed E-state index contributed by atoms with van der Waals surface area (Å²) < 4.78 is 5.61. The van der Waals surface area contributed by atoms with E-state index in [9.17, 15) is 4.79 Å². The molecule has 0 spiro atoms. The van der Waals surface area contributed by atoms with Crippen LogP contribution in [0.2, 0.25) is 0 Å². The van der Waals surface area contributed by atoms with Crippen LogP contribution in [-0.2, 0) is 4.79 Å². The van der Waals surface area contributed by atoms with Crippen LogP contribution < -0.4 is 4.74 Å². The van der Waals surface area contributed by atoms with E-state index in [2.05, 4.69) is 19.1 Å². The number of ether oxygens (including phenoxy) is 1. The number of ketones is 1. The maximum atomic E-state index is 11.4. The van der Waals surface area contributed by atoms with E-state index >= 15 is 0 Å². The third-order valence-corrected chi connectivity index (χ3v) is 3.44. The Balaban J connectivity index is 2.06. The number of hydrogen-bond donors (Lipinski definition) is 0. The summed E-state index contributed by atoms with van der Waals surface area (Å²) in [6.07, 6.45) is 1.87. The van der Waals surface area contributed by atoms with Crippen molar-refractivity contribution in [3.63, 3.8) is 0 Å².